The van der Waals surface area contributed by atoms with E-state index in [0.717, 1.165) is 18.4 Å². The van der Waals surface area contributed by atoms with Crippen LogP contribution in [0.4, 0.5) is 8.78 Å². The van der Waals surface area contributed by atoms with Gasteiger partial charge in [-0.25, -0.2) is 8.78 Å². The number of hydrazine groups is 1. The molecular formula is C17H18F2N2. The molecule has 110 valence electrons. The summed E-state index contributed by atoms with van der Waals surface area (Å²) in [7, 11) is 0. The fourth-order valence-electron chi connectivity index (χ4n) is 3.08. The Bertz CT molecular complexity index is 651. The van der Waals surface area contributed by atoms with E-state index in [2.05, 4.69) is 5.43 Å². The maximum Gasteiger partial charge on any atom is 0.163 e. The van der Waals surface area contributed by atoms with E-state index in [0.29, 0.717) is 11.1 Å². The second-order valence-corrected chi connectivity index (χ2v) is 5.72. The van der Waals surface area contributed by atoms with Crippen LogP contribution in [0, 0.1) is 18.6 Å². The van der Waals surface area contributed by atoms with E-state index in [4.69, 9.17) is 5.84 Å². The topological polar surface area (TPSA) is 38.0 Å². The summed E-state index contributed by atoms with van der Waals surface area (Å²) < 4.78 is 28.2. The van der Waals surface area contributed by atoms with Crippen molar-refractivity contribution >= 4 is 0 Å². The molecule has 2 aromatic carbocycles. The monoisotopic (exact) mass is 288 g/mol. The standard InChI is InChI=1S/C17H18F2N2/c1-11-7-8-13(15(19)14(11)18)16(21-20)17(9-10-17)12-5-3-2-4-6-12/h2-8,16,21H,9-10,20H2,1H3. The Morgan fingerprint density at radius 3 is 2.29 bits per heavy atom. The first-order valence-electron chi connectivity index (χ1n) is 7.06. The Labute approximate surface area is 122 Å². The molecule has 0 aliphatic heterocycles. The summed E-state index contributed by atoms with van der Waals surface area (Å²) in [6, 6.07) is 12.7. The number of aryl methyl sites for hydroxylation is 1. The Balaban J connectivity index is 2.06. The predicted molar refractivity (Wildman–Crippen MR) is 78.5 cm³/mol. The first-order chi connectivity index (χ1) is 10.1. The normalized spacial score (nSPS) is 17.5. The van der Waals surface area contributed by atoms with E-state index in [1.54, 1.807) is 19.1 Å². The minimum absolute atomic E-state index is 0.251. The molecule has 1 fully saturated rings. The van der Waals surface area contributed by atoms with Crippen LogP contribution in [0.2, 0.25) is 0 Å². The predicted octanol–water partition coefficient (Wildman–Crippen LogP) is 3.51. The number of benzene rings is 2. The Morgan fingerprint density at radius 2 is 1.71 bits per heavy atom. The minimum Gasteiger partial charge on any atom is -0.271 e. The SMILES string of the molecule is Cc1ccc(C(NN)C2(c3ccccc3)CC2)c(F)c1F. The van der Waals surface area contributed by atoms with Crippen LogP contribution in [0.3, 0.4) is 0 Å². The zero-order valence-electron chi connectivity index (χ0n) is 11.9. The molecule has 1 atom stereocenters. The van der Waals surface area contributed by atoms with Crippen molar-refractivity contribution in [2.45, 2.75) is 31.2 Å². The molecule has 0 spiro atoms. The lowest BCUT2D eigenvalue weighted by molar-refractivity contribution is 0.405. The maximum absolute atomic E-state index is 14.3. The molecule has 0 radical (unpaired) electrons. The van der Waals surface area contributed by atoms with Crippen LogP contribution >= 0.6 is 0 Å². The van der Waals surface area contributed by atoms with Gasteiger partial charge in [0.05, 0.1) is 6.04 Å². The number of hydrogen-bond donors (Lipinski definition) is 2. The van der Waals surface area contributed by atoms with Crippen LogP contribution in [-0.2, 0) is 5.41 Å². The van der Waals surface area contributed by atoms with Crippen molar-refractivity contribution in [3.63, 3.8) is 0 Å². The molecule has 1 unspecified atom stereocenters. The number of nitrogens with two attached hydrogens (primary N) is 1. The molecule has 4 heteroatoms. The summed E-state index contributed by atoms with van der Waals surface area (Å²) in [6.45, 7) is 1.55. The van der Waals surface area contributed by atoms with Crippen molar-refractivity contribution in [3.05, 3.63) is 70.8 Å². The van der Waals surface area contributed by atoms with Gasteiger partial charge in [0.15, 0.2) is 11.6 Å². The molecule has 0 saturated heterocycles. The zero-order valence-corrected chi connectivity index (χ0v) is 11.9. The van der Waals surface area contributed by atoms with E-state index in [-0.39, 0.29) is 5.41 Å². The van der Waals surface area contributed by atoms with Gasteiger partial charge in [-0.3, -0.25) is 11.3 Å². The van der Waals surface area contributed by atoms with E-state index in [1.807, 2.05) is 30.3 Å². The summed E-state index contributed by atoms with van der Waals surface area (Å²) in [4.78, 5) is 0. The van der Waals surface area contributed by atoms with Gasteiger partial charge < -0.3 is 0 Å². The van der Waals surface area contributed by atoms with Crippen molar-refractivity contribution in [2.75, 3.05) is 0 Å². The third-order valence-corrected chi connectivity index (χ3v) is 4.47. The summed E-state index contributed by atoms with van der Waals surface area (Å²) in [6.07, 6.45) is 1.81. The van der Waals surface area contributed by atoms with Crippen LogP contribution in [0.15, 0.2) is 42.5 Å². The molecule has 1 aliphatic carbocycles. The average molecular weight is 288 g/mol. The molecule has 0 heterocycles. The molecule has 3 rings (SSSR count). The van der Waals surface area contributed by atoms with Gasteiger partial charge in [0.2, 0.25) is 0 Å². The van der Waals surface area contributed by atoms with Gasteiger partial charge in [-0.05, 0) is 30.9 Å². The third-order valence-electron chi connectivity index (χ3n) is 4.47. The molecule has 3 N–H and O–H groups in total. The zero-order chi connectivity index (χ0) is 15.0. The molecule has 0 aromatic heterocycles. The Morgan fingerprint density at radius 1 is 1.05 bits per heavy atom. The average Bonchev–Trinajstić information content (AvgIpc) is 3.30. The van der Waals surface area contributed by atoms with Gasteiger partial charge in [0.25, 0.3) is 0 Å². The Kier molecular flexibility index (Phi) is 3.51. The van der Waals surface area contributed by atoms with E-state index in [1.165, 1.54) is 0 Å². The smallest absolute Gasteiger partial charge is 0.163 e. The van der Waals surface area contributed by atoms with Crippen LogP contribution in [0.1, 0.15) is 35.6 Å². The molecule has 2 nitrogen and oxygen atoms in total. The second kappa shape index (κ2) is 5.20. The lowest BCUT2D eigenvalue weighted by Gasteiger charge is -2.28. The van der Waals surface area contributed by atoms with E-state index < -0.39 is 17.7 Å². The number of hydrogen-bond acceptors (Lipinski definition) is 2. The minimum atomic E-state index is -0.805. The highest BCUT2D eigenvalue weighted by atomic mass is 19.2. The summed E-state index contributed by atoms with van der Waals surface area (Å²) in [5, 5.41) is 0. The lowest BCUT2D eigenvalue weighted by atomic mass is 9.83. The van der Waals surface area contributed by atoms with Gasteiger partial charge >= 0.3 is 0 Å². The van der Waals surface area contributed by atoms with Crippen LogP contribution in [0.25, 0.3) is 0 Å². The van der Waals surface area contributed by atoms with Crippen LogP contribution in [0.5, 0.6) is 0 Å². The number of rotatable bonds is 4. The number of halogens is 2. The quantitative estimate of drug-likeness (QED) is 0.667. The van der Waals surface area contributed by atoms with Gasteiger partial charge in [-0.1, -0.05) is 42.5 Å². The summed E-state index contributed by atoms with van der Waals surface area (Å²) in [5.74, 6) is 4.09. The first kappa shape index (κ1) is 14.2. The highest BCUT2D eigenvalue weighted by Crippen LogP contribution is 2.56. The first-order valence-corrected chi connectivity index (χ1v) is 7.06. The van der Waals surface area contributed by atoms with Crippen molar-refractivity contribution in [2.24, 2.45) is 5.84 Å². The largest absolute Gasteiger partial charge is 0.271 e. The second-order valence-electron chi connectivity index (χ2n) is 5.72. The van der Waals surface area contributed by atoms with Crippen molar-refractivity contribution in [3.8, 4) is 0 Å². The number of nitrogens with one attached hydrogen (secondary N) is 1. The molecule has 1 saturated carbocycles. The Hall–Kier alpha value is -1.78. The molecule has 0 amide bonds. The molecule has 21 heavy (non-hydrogen) atoms. The third kappa shape index (κ3) is 2.24. The van der Waals surface area contributed by atoms with Crippen molar-refractivity contribution in [1.82, 2.24) is 5.43 Å². The van der Waals surface area contributed by atoms with Gasteiger partial charge in [-0.15, -0.1) is 0 Å². The van der Waals surface area contributed by atoms with Gasteiger partial charge in [0, 0.05) is 11.0 Å². The van der Waals surface area contributed by atoms with Crippen molar-refractivity contribution < 1.29 is 8.78 Å². The van der Waals surface area contributed by atoms with Crippen LogP contribution < -0.4 is 11.3 Å². The maximum atomic E-state index is 14.3. The summed E-state index contributed by atoms with van der Waals surface area (Å²) >= 11 is 0. The molecule has 1 aliphatic rings. The van der Waals surface area contributed by atoms with E-state index >= 15 is 0 Å². The highest BCUT2D eigenvalue weighted by molar-refractivity contribution is 5.40. The fourth-order valence-corrected chi connectivity index (χ4v) is 3.08. The van der Waals surface area contributed by atoms with E-state index in [9.17, 15) is 8.78 Å². The highest BCUT2D eigenvalue weighted by Gasteiger charge is 2.51. The summed E-state index contributed by atoms with van der Waals surface area (Å²) in [5.41, 5.74) is 4.15. The molecular weight excluding hydrogens is 270 g/mol. The molecule has 2 aromatic rings. The fraction of sp³-hybridized carbons (Fsp3) is 0.294. The van der Waals surface area contributed by atoms with Crippen molar-refractivity contribution in [1.29, 1.82) is 0 Å². The van der Waals surface area contributed by atoms with Crippen LogP contribution in [-0.4, -0.2) is 0 Å². The lowest BCUT2D eigenvalue weighted by Crippen LogP contribution is -2.37. The van der Waals surface area contributed by atoms with Gasteiger partial charge in [0.1, 0.15) is 0 Å². The molecule has 0 bridgehead atoms. The van der Waals surface area contributed by atoms with Gasteiger partial charge in [-0.2, -0.15) is 0 Å².